The number of hydrogen-bond donors (Lipinski definition) is 2. The van der Waals surface area contributed by atoms with Crippen LogP contribution in [0.1, 0.15) is 26.7 Å². The average Bonchev–Trinajstić information content (AvgIpc) is 2.15. The van der Waals surface area contributed by atoms with Crippen molar-refractivity contribution in [3.05, 3.63) is 0 Å². The summed E-state index contributed by atoms with van der Waals surface area (Å²) in [6, 6.07) is -0.200. The predicted molar refractivity (Wildman–Crippen MR) is 62.8 cm³/mol. The Morgan fingerprint density at radius 2 is 2.20 bits per heavy atom. The average molecular weight is 230 g/mol. The van der Waals surface area contributed by atoms with Gasteiger partial charge in [0.15, 0.2) is 0 Å². The standard InChI is InChI=1S/C10H18N2O2S/c1-8(2)6-9(10(14)15)12-5-3-4-11-7-13/h8-9,12H,3-6H2,1-2H3,(H,14,15)/t9-/m0/s1. The van der Waals surface area contributed by atoms with Crippen molar-refractivity contribution >= 4 is 23.8 Å². The maximum Gasteiger partial charge on any atom is 0.234 e. The van der Waals surface area contributed by atoms with Crippen LogP contribution in [-0.4, -0.2) is 30.3 Å². The minimum atomic E-state index is -0.200. The lowest BCUT2D eigenvalue weighted by molar-refractivity contribution is -0.112. The molecule has 0 fully saturated rings. The van der Waals surface area contributed by atoms with Gasteiger partial charge in [0.2, 0.25) is 11.2 Å². The van der Waals surface area contributed by atoms with Gasteiger partial charge in [-0.15, -0.1) is 12.6 Å². The highest BCUT2D eigenvalue weighted by molar-refractivity contribution is 7.96. The third kappa shape index (κ3) is 8.36. The molecule has 1 atom stereocenters. The van der Waals surface area contributed by atoms with E-state index in [0.717, 1.165) is 12.8 Å². The van der Waals surface area contributed by atoms with E-state index in [1.165, 1.54) is 6.08 Å². The normalized spacial score (nSPS) is 12.3. The van der Waals surface area contributed by atoms with E-state index >= 15 is 0 Å². The van der Waals surface area contributed by atoms with Crippen molar-refractivity contribution in [1.82, 2.24) is 5.32 Å². The molecule has 0 bridgehead atoms. The van der Waals surface area contributed by atoms with Crippen molar-refractivity contribution in [3.63, 3.8) is 0 Å². The zero-order chi connectivity index (χ0) is 11.7. The van der Waals surface area contributed by atoms with E-state index in [0.29, 0.717) is 19.0 Å². The number of isocyanates is 1. The van der Waals surface area contributed by atoms with Gasteiger partial charge in [0, 0.05) is 0 Å². The molecule has 0 spiro atoms. The highest BCUT2D eigenvalue weighted by Gasteiger charge is 2.15. The molecule has 0 aliphatic rings. The molecule has 5 heteroatoms. The van der Waals surface area contributed by atoms with Gasteiger partial charge >= 0.3 is 0 Å². The fourth-order valence-corrected chi connectivity index (χ4v) is 1.42. The van der Waals surface area contributed by atoms with Crippen molar-refractivity contribution in [2.75, 3.05) is 13.1 Å². The van der Waals surface area contributed by atoms with Crippen molar-refractivity contribution < 1.29 is 9.59 Å². The Bertz CT molecular complexity index is 238. The van der Waals surface area contributed by atoms with Crippen LogP contribution >= 0.6 is 12.6 Å². The number of hydrogen-bond acceptors (Lipinski definition) is 4. The molecular formula is C10H18N2O2S. The van der Waals surface area contributed by atoms with Crippen LogP contribution in [0.5, 0.6) is 0 Å². The van der Waals surface area contributed by atoms with E-state index in [1.807, 2.05) is 0 Å². The third-order valence-electron chi connectivity index (χ3n) is 1.91. The molecule has 1 N–H and O–H groups in total. The maximum atomic E-state index is 11.1. The fraction of sp³-hybridized carbons (Fsp3) is 0.800. The van der Waals surface area contributed by atoms with E-state index in [4.69, 9.17) is 0 Å². The molecule has 0 aliphatic carbocycles. The van der Waals surface area contributed by atoms with Crippen LogP contribution in [0.2, 0.25) is 0 Å². The summed E-state index contributed by atoms with van der Waals surface area (Å²) in [7, 11) is 0. The zero-order valence-corrected chi connectivity index (χ0v) is 10.1. The Labute approximate surface area is 95.9 Å². The number of carbonyl (C=O) groups excluding carboxylic acids is 2. The zero-order valence-electron chi connectivity index (χ0n) is 9.19. The minimum Gasteiger partial charge on any atom is -0.307 e. The molecule has 86 valence electrons. The van der Waals surface area contributed by atoms with Gasteiger partial charge in [-0.05, 0) is 25.3 Å². The van der Waals surface area contributed by atoms with Crippen LogP contribution in [-0.2, 0) is 9.59 Å². The molecule has 0 radical (unpaired) electrons. The van der Waals surface area contributed by atoms with Crippen molar-refractivity contribution in [1.29, 1.82) is 0 Å². The second-order valence-electron chi connectivity index (χ2n) is 3.80. The van der Waals surface area contributed by atoms with Gasteiger partial charge in [-0.1, -0.05) is 13.8 Å². The summed E-state index contributed by atoms with van der Waals surface area (Å²) in [4.78, 5) is 24.3. The number of nitrogens with zero attached hydrogens (tertiary/aromatic N) is 1. The van der Waals surface area contributed by atoms with E-state index < -0.39 is 0 Å². The Hall–Kier alpha value is -0.640. The molecule has 0 saturated heterocycles. The summed E-state index contributed by atoms with van der Waals surface area (Å²) < 4.78 is 0. The smallest absolute Gasteiger partial charge is 0.234 e. The number of nitrogens with one attached hydrogen (secondary N) is 1. The first-order valence-corrected chi connectivity index (χ1v) is 5.52. The molecule has 0 aliphatic heterocycles. The lowest BCUT2D eigenvalue weighted by Gasteiger charge is -2.16. The molecule has 15 heavy (non-hydrogen) atoms. The first-order valence-electron chi connectivity index (χ1n) is 5.07. The minimum absolute atomic E-state index is 0.136. The van der Waals surface area contributed by atoms with E-state index in [9.17, 15) is 9.59 Å². The van der Waals surface area contributed by atoms with Gasteiger partial charge in [-0.25, -0.2) is 9.79 Å². The number of aliphatic imine (C=N–C) groups is 1. The molecule has 0 unspecified atom stereocenters. The fourth-order valence-electron chi connectivity index (χ4n) is 1.22. The summed E-state index contributed by atoms with van der Waals surface area (Å²) in [5.41, 5.74) is 0. The van der Waals surface area contributed by atoms with Gasteiger partial charge in [-0.2, -0.15) is 0 Å². The van der Waals surface area contributed by atoms with E-state index in [2.05, 4.69) is 36.8 Å². The Kier molecular flexibility index (Phi) is 8.28. The first-order chi connectivity index (χ1) is 7.07. The van der Waals surface area contributed by atoms with E-state index in [1.54, 1.807) is 0 Å². The summed E-state index contributed by atoms with van der Waals surface area (Å²) in [5.74, 6) is 0.451. The molecule has 0 heterocycles. The summed E-state index contributed by atoms with van der Waals surface area (Å²) in [5, 5.41) is 2.96. The second kappa shape index (κ2) is 8.65. The van der Waals surface area contributed by atoms with Crippen LogP contribution in [0.3, 0.4) is 0 Å². The number of carbonyl (C=O) groups is 1. The Morgan fingerprint density at radius 1 is 1.53 bits per heavy atom. The monoisotopic (exact) mass is 230 g/mol. The molecular weight excluding hydrogens is 212 g/mol. The van der Waals surface area contributed by atoms with Crippen LogP contribution < -0.4 is 5.32 Å². The van der Waals surface area contributed by atoms with Gasteiger partial charge in [-0.3, -0.25) is 4.79 Å². The van der Waals surface area contributed by atoms with Crippen molar-refractivity contribution in [2.24, 2.45) is 10.9 Å². The molecule has 0 aromatic carbocycles. The molecule has 0 amide bonds. The predicted octanol–water partition coefficient (Wildman–Crippen LogP) is 1.17. The maximum absolute atomic E-state index is 11.1. The van der Waals surface area contributed by atoms with Crippen molar-refractivity contribution in [3.8, 4) is 0 Å². The second-order valence-corrected chi connectivity index (χ2v) is 4.24. The highest BCUT2D eigenvalue weighted by atomic mass is 32.1. The van der Waals surface area contributed by atoms with Gasteiger partial charge in [0.25, 0.3) is 0 Å². The SMILES string of the molecule is CC(C)C[C@H](NCCCN=C=O)C(=O)S. The van der Waals surface area contributed by atoms with Crippen LogP contribution in [0.4, 0.5) is 0 Å². The Morgan fingerprint density at radius 3 is 2.67 bits per heavy atom. The topological polar surface area (TPSA) is 58.5 Å². The summed E-state index contributed by atoms with van der Waals surface area (Å²) in [6.07, 6.45) is 2.98. The van der Waals surface area contributed by atoms with Gasteiger partial charge < -0.3 is 5.32 Å². The van der Waals surface area contributed by atoms with Crippen LogP contribution in [0.25, 0.3) is 0 Å². The lowest BCUT2D eigenvalue weighted by atomic mass is 10.0. The largest absolute Gasteiger partial charge is 0.307 e. The quantitative estimate of drug-likeness (QED) is 0.285. The molecule has 0 aromatic rings. The summed E-state index contributed by atoms with van der Waals surface area (Å²) in [6.45, 7) is 5.23. The lowest BCUT2D eigenvalue weighted by Crippen LogP contribution is -2.36. The van der Waals surface area contributed by atoms with E-state index in [-0.39, 0.29) is 11.2 Å². The van der Waals surface area contributed by atoms with Crippen LogP contribution in [0, 0.1) is 5.92 Å². The molecule has 0 saturated carbocycles. The van der Waals surface area contributed by atoms with Gasteiger partial charge in [0.1, 0.15) is 0 Å². The molecule has 0 aromatic heterocycles. The summed E-state index contributed by atoms with van der Waals surface area (Å²) >= 11 is 3.82. The molecule has 4 nitrogen and oxygen atoms in total. The highest BCUT2D eigenvalue weighted by Crippen LogP contribution is 2.07. The third-order valence-corrected chi connectivity index (χ3v) is 2.22. The number of rotatable bonds is 8. The Balaban J connectivity index is 3.76. The van der Waals surface area contributed by atoms with Gasteiger partial charge in [0.05, 0.1) is 12.6 Å². The van der Waals surface area contributed by atoms with Crippen LogP contribution in [0.15, 0.2) is 4.99 Å². The van der Waals surface area contributed by atoms with Crippen molar-refractivity contribution in [2.45, 2.75) is 32.7 Å². The number of thiol groups is 1. The first kappa shape index (κ1) is 14.4. The molecule has 0 rings (SSSR count).